The summed E-state index contributed by atoms with van der Waals surface area (Å²) in [5.41, 5.74) is 2.35. The molecule has 1 fully saturated rings. The summed E-state index contributed by atoms with van der Waals surface area (Å²) >= 11 is 0. The molecule has 1 saturated carbocycles. The lowest BCUT2D eigenvalue weighted by Gasteiger charge is -1.93. The van der Waals surface area contributed by atoms with Crippen LogP contribution in [0, 0.1) is 10.8 Å². The van der Waals surface area contributed by atoms with E-state index >= 15 is 0 Å². The lowest BCUT2D eigenvalue weighted by Crippen LogP contribution is -1.93. The molecule has 0 aromatic heterocycles. The zero-order valence-corrected chi connectivity index (χ0v) is 6.20. The molecular formula is C8H12N2. The Bertz CT molecular complexity index is 201. The van der Waals surface area contributed by atoms with Crippen molar-refractivity contribution in [3.05, 3.63) is 11.6 Å². The predicted octanol–water partition coefficient (Wildman–Crippen LogP) is 2.16. The van der Waals surface area contributed by atoms with Crippen LogP contribution in [0.15, 0.2) is 11.6 Å². The first-order valence-electron chi connectivity index (χ1n) is 3.53. The van der Waals surface area contributed by atoms with Crippen LogP contribution in [0.1, 0.15) is 26.2 Å². The molecule has 10 heavy (non-hydrogen) atoms. The minimum Gasteiger partial charge on any atom is -0.306 e. The first kappa shape index (κ1) is 7.19. The fourth-order valence-electron chi connectivity index (χ4n) is 1.19. The summed E-state index contributed by atoms with van der Waals surface area (Å²) in [6.07, 6.45) is 4.79. The quantitative estimate of drug-likeness (QED) is 0.519. The molecule has 1 rings (SSSR count). The Morgan fingerprint density at radius 1 is 1.50 bits per heavy atom. The van der Waals surface area contributed by atoms with Gasteiger partial charge in [0.1, 0.15) is 0 Å². The van der Waals surface area contributed by atoms with Crippen LogP contribution in [0.4, 0.5) is 0 Å². The Kier molecular flexibility index (Phi) is 2.00. The second kappa shape index (κ2) is 2.78. The van der Waals surface area contributed by atoms with Crippen molar-refractivity contribution < 1.29 is 0 Å². The minimum atomic E-state index is 0.557. The molecule has 2 heteroatoms. The molecule has 0 bridgehead atoms. The Morgan fingerprint density at radius 3 is 2.60 bits per heavy atom. The van der Waals surface area contributed by atoms with Gasteiger partial charge in [0.05, 0.1) is 0 Å². The van der Waals surface area contributed by atoms with E-state index in [0.717, 1.165) is 30.5 Å². The first-order chi connectivity index (χ1) is 4.70. The summed E-state index contributed by atoms with van der Waals surface area (Å²) in [5.74, 6) is 0. The zero-order chi connectivity index (χ0) is 7.56. The second-order valence-electron chi connectivity index (χ2n) is 2.68. The molecule has 0 aromatic rings. The fraction of sp³-hybridized carbons (Fsp3) is 0.500. The first-order valence-corrected chi connectivity index (χ1v) is 3.53. The van der Waals surface area contributed by atoms with Crippen LogP contribution >= 0.6 is 0 Å². The maximum atomic E-state index is 7.43. The van der Waals surface area contributed by atoms with Gasteiger partial charge in [-0.25, -0.2) is 0 Å². The van der Waals surface area contributed by atoms with Crippen molar-refractivity contribution in [3.63, 3.8) is 0 Å². The summed E-state index contributed by atoms with van der Waals surface area (Å²) < 4.78 is 0. The second-order valence-corrected chi connectivity index (χ2v) is 2.68. The highest BCUT2D eigenvalue weighted by Crippen LogP contribution is 2.20. The van der Waals surface area contributed by atoms with Crippen molar-refractivity contribution in [2.75, 3.05) is 0 Å². The number of hydrogen-bond acceptors (Lipinski definition) is 2. The summed E-state index contributed by atoms with van der Waals surface area (Å²) in [7, 11) is 0. The van der Waals surface area contributed by atoms with Crippen molar-refractivity contribution in [3.8, 4) is 0 Å². The highest BCUT2D eigenvalue weighted by molar-refractivity contribution is 6.05. The minimum absolute atomic E-state index is 0.557. The summed E-state index contributed by atoms with van der Waals surface area (Å²) in [6, 6.07) is 0. The molecule has 0 saturated heterocycles. The van der Waals surface area contributed by atoms with E-state index in [-0.39, 0.29) is 0 Å². The molecule has 0 amide bonds. The SMILES string of the molecule is CC(=N)/C=C1/CCCC1=N. The average molecular weight is 136 g/mol. The van der Waals surface area contributed by atoms with Gasteiger partial charge < -0.3 is 10.8 Å². The van der Waals surface area contributed by atoms with Crippen LogP contribution in [0.3, 0.4) is 0 Å². The van der Waals surface area contributed by atoms with Crippen LogP contribution in [0.2, 0.25) is 0 Å². The maximum Gasteiger partial charge on any atom is 0.0346 e. The molecule has 54 valence electrons. The van der Waals surface area contributed by atoms with E-state index in [1.807, 2.05) is 0 Å². The molecule has 0 heterocycles. The van der Waals surface area contributed by atoms with Gasteiger partial charge in [0, 0.05) is 11.4 Å². The van der Waals surface area contributed by atoms with Gasteiger partial charge in [-0.1, -0.05) is 0 Å². The third-order valence-electron chi connectivity index (χ3n) is 1.65. The highest BCUT2D eigenvalue weighted by atomic mass is 14.5. The van der Waals surface area contributed by atoms with E-state index in [1.165, 1.54) is 0 Å². The van der Waals surface area contributed by atoms with E-state index in [0.29, 0.717) is 5.71 Å². The van der Waals surface area contributed by atoms with Gasteiger partial charge in [0.15, 0.2) is 0 Å². The molecule has 0 unspecified atom stereocenters. The molecule has 0 aromatic carbocycles. The third-order valence-corrected chi connectivity index (χ3v) is 1.65. The van der Waals surface area contributed by atoms with Gasteiger partial charge in [-0.3, -0.25) is 0 Å². The van der Waals surface area contributed by atoms with E-state index < -0.39 is 0 Å². The van der Waals surface area contributed by atoms with E-state index in [2.05, 4.69) is 0 Å². The Balaban J connectivity index is 2.72. The maximum absolute atomic E-state index is 7.43. The summed E-state index contributed by atoms with van der Waals surface area (Å²) in [5, 5.41) is 14.6. The van der Waals surface area contributed by atoms with Gasteiger partial charge in [-0.2, -0.15) is 0 Å². The summed E-state index contributed by atoms with van der Waals surface area (Å²) in [6.45, 7) is 1.75. The van der Waals surface area contributed by atoms with Crippen molar-refractivity contribution in [1.29, 1.82) is 10.8 Å². The van der Waals surface area contributed by atoms with Crippen LogP contribution < -0.4 is 0 Å². The van der Waals surface area contributed by atoms with Crippen molar-refractivity contribution in [1.82, 2.24) is 0 Å². The average Bonchev–Trinajstić information content (AvgIpc) is 2.15. The topological polar surface area (TPSA) is 47.7 Å². The molecule has 0 aliphatic heterocycles. The lowest BCUT2D eigenvalue weighted by molar-refractivity contribution is 0.946. The van der Waals surface area contributed by atoms with Crippen LogP contribution in [-0.2, 0) is 0 Å². The van der Waals surface area contributed by atoms with E-state index in [9.17, 15) is 0 Å². The Labute approximate surface area is 61.0 Å². The van der Waals surface area contributed by atoms with Crippen LogP contribution in [-0.4, -0.2) is 11.4 Å². The highest BCUT2D eigenvalue weighted by Gasteiger charge is 2.12. The van der Waals surface area contributed by atoms with Crippen molar-refractivity contribution >= 4 is 11.4 Å². The fourth-order valence-corrected chi connectivity index (χ4v) is 1.19. The largest absolute Gasteiger partial charge is 0.306 e. The predicted molar refractivity (Wildman–Crippen MR) is 43.1 cm³/mol. The van der Waals surface area contributed by atoms with Gasteiger partial charge in [-0.05, 0) is 37.8 Å². The van der Waals surface area contributed by atoms with E-state index in [1.54, 1.807) is 13.0 Å². The van der Waals surface area contributed by atoms with Gasteiger partial charge in [-0.15, -0.1) is 0 Å². The molecule has 1 aliphatic carbocycles. The van der Waals surface area contributed by atoms with Crippen molar-refractivity contribution in [2.24, 2.45) is 0 Å². The number of allylic oxidation sites excluding steroid dienone is 2. The molecule has 0 radical (unpaired) electrons. The van der Waals surface area contributed by atoms with E-state index in [4.69, 9.17) is 10.8 Å². The Hall–Kier alpha value is -0.920. The third kappa shape index (κ3) is 1.53. The number of rotatable bonds is 1. The Morgan fingerprint density at radius 2 is 2.20 bits per heavy atom. The monoisotopic (exact) mass is 136 g/mol. The van der Waals surface area contributed by atoms with Gasteiger partial charge in [0.25, 0.3) is 0 Å². The summed E-state index contributed by atoms with van der Waals surface area (Å²) in [4.78, 5) is 0. The number of hydrogen-bond donors (Lipinski definition) is 2. The smallest absolute Gasteiger partial charge is 0.0346 e. The van der Waals surface area contributed by atoms with Crippen LogP contribution in [0.25, 0.3) is 0 Å². The molecule has 2 nitrogen and oxygen atoms in total. The standard InChI is InChI=1S/C8H12N2/c1-6(9)5-7-3-2-4-8(7)10/h5,9-10H,2-4H2,1H3/b7-5-,9-6?,10-8?. The molecule has 0 atom stereocenters. The normalized spacial score (nSPS) is 22.1. The molecule has 2 N–H and O–H groups in total. The molecular weight excluding hydrogens is 124 g/mol. The molecule has 1 aliphatic rings. The van der Waals surface area contributed by atoms with Gasteiger partial charge >= 0.3 is 0 Å². The van der Waals surface area contributed by atoms with Crippen LogP contribution in [0.5, 0.6) is 0 Å². The number of nitrogens with one attached hydrogen (secondary N) is 2. The molecule has 0 spiro atoms. The van der Waals surface area contributed by atoms with Crippen molar-refractivity contribution in [2.45, 2.75) is 26.2 Å². The van der Waals surface area contributed by atoms with Gasteiger partial charge in [0.2, 0.25) is 0 Å². The zero-order valence-electron chi connectivity index (χ0n) is 6.20. The lowest BCUT2D eigenvalue weighted by atomic mass is 10.1.